The molecule has 0 aromatic heterocycles. The third kappa shape index (κ3) is 22.5. The van der Waals surface area contributed by atoms with Crippen LogP contribution in [0.15, 0.2) is 30.3 Å². The molecule has 0 amide bonds. The van der Waals surface area contributed by atoms with Crippen LogP contribution in [-0.4, -0.2) is 0 Å². The second kappa shape index (κ2) is 22.8. The Morgan fingerprint density at radius 3 is 1.29 bits per heavy atom. The third-order valence-electron chi connectivity index (χ3n) is 0.940. The zero-order valence-electron chi connectivity index (χ0n) is 9.09. The highest BCUT2D eigenvalue weighted by molar-refractivity contribution is 5.11. The van der Waals surface area contributed by atoms with Crippen LogP contribution in [0.5, 0.6) is 0 Å². The summed E-state index contributed by atoms with van der Waals surface area (Å²) >= 11 is 0. The van der Waals surface area contributed by atoms with Gasteiger partial charge in [-0.15, -0.1) is 0 Å². The van der Waals surface area contributed by atoms with E-state index in [1.54, 1.807) is 0 Å². The molecule has 1 rings (SSSR count). The molecule has 0 spiro atoms. The maximum absolute atomic E-state index is 2.12. The summed E-state index contributed by atoms with van der Waals surface area (Å²) in [6.45, 7) is 10.3. The molecule has 1 aromatic carbocycles. The molecule has 0 fully saturated rings. The van der Waals surface area contributed by atoms with Gasteiger partial charge in [-0.3, -0.25) is 0 Å². The van der Waals surface area contributed by atoms with Crippen LogP contribution in [0.4, 0.5) is 0 Å². The lowest BCUT2D eigenvalue weighted by molar-refractivity contribution is 1.09. The van der Waals surface area contributed by atoms with Crippen molar-refractivity contribution in [2.45, 2.75) is 55.9 Å². The molecule has 0 bridgehead atoms. The minimum atomic E-state index is 0. The normalized spacial score (nSPS) is 6.07. The summed E-state index contributed by atoms with van der Waals surface area (Å²) in [5, 5.41) is 0. The molecular formula is C14H30. The van der Waals surface area contributed by atoms with Crippen LogP contribution in [0.25, 0.3) is 0 Å². The van der Waals surface area contributed by atoms with Gasteiger partial charge in [0.15, 0.2) is 0 Å². The SMILES string of the molecule is C.C.CC.CCC.Cc1ccccc1. The van der Waals surface area contributed by atoms with Crippen LogP contribution in [0.3, 0.4) is 0 Å². The standard InChI is InChI=1S/C7H8.C3H8.C2H6.2CH4/c1-7-5-3-2-4-6-7;1-3-2;1-2;;/h2-6H,1H3;3H2,1-2H3;1-2H3;2*1H4. The zero-order chi connectivity index (χ0) is 9.82. The first-order chi connectivity index (χ1) is 5.81. The molecule has 86 valence electrons. The van der Waals surface area contributed by atoms with E-state index in [1.165, 1.54) is 12.0 Å². The van der Waals surface area contributed by atoms with E-state index in [-0.39, 0.29) is 14.9 Å². The van der Waals surface area contributed by atoms with Crippen molar-refractivity contribution in [2.24, 2.45) is 0 Å². The molecule has 0 heterocycles. The fourth-order valence-electron chi connectivity index (χ4n) is 0.534. The number of benzene rings is 1. The zero-order valence-corrected chi connectivity index (χ0v) is 9.09. The van der Waals surface area contributed by atoms with Crippen molar-refractivity contribution in [3.63, 3.8) is 0 Å². The van der Waals surface area contributed by atoms with Crippen LogP contribution >= 0.6 is 0 Å². The van der Waals surface area contributed by atoms with Crippen LogP contribution in [0.2, 0.25) is 0 Å². The van der Waals surface area contributed by atoms with Crippen LogP contribution < -0.4 is 0 Å². The van der Waals surface area contributed by atoms with Gasteiger partial charge in [0.2, 0.25) is 0 Å². The second-order valence-corrected chi connectivity index (χ2v) is 2.36. The van der Waals surface area contributed by atoms with Gasteiger partial charge in [-0.05, 0) is 6.92 Å². The predicted molar refractivity (Wildman–Crippen MR) is 72.0 cm³/mol. The molecule has 14 heavy (non-hydrogen) atoms. The van der Waals surface area contributed by atoms with Gasteiger partial charge in [0.1, 0.15) is 0 Å². The monoisotopic (exact) mass is 198 g/mol. The summed E-state index contributed by atoms with van der Waals surface area (Å²) in [5.74, 6) is 0. The molecule has 0 saturated carbocycles. The fourth-order valence-corrected chi connectivity index (χ4v) is 0.534. The average molecular weight is 198 g/mol. The van der Waals surface area contributed by atoms with E-state index in [4.69, 9.17) is 0 Å². The van der Waals surface area contributed by atoms with Gasteiger partial charge in [0.25, 0.3) is 0 Å². The molecule has 0 radical (unpaired) electrons. The second-order valence-electron chi connectivity index (χ2n) is 2.36. The van der Waals surface area contributed by atoms with Gasteiger partial charge in [-0.1, -0.05) is 84.9 Å². The smallest absolute Gasteiger partial charge is 0.0398 e. The van der Waals surface area contributed by atoms with E-state index in [9.17, 15) is 0 Å². The lowest BCUT2D eigenvalue weighted by atomic mass is 10.2. The largest absolute Gasteiger partial charge is 0.0776 e. The molecule has 0 heteroatoms. The molecule has 1 aromatic rings. The predicted octanol–water partition coefficient (Wildman–Crippen LogP) is 5.71. The third-order valence-corrected chi connectivity index (χ3v) is 0.940. The number of hydrogen-bond donors (Lipinski definition) is 0. The van der Waals surface area contributed by atoms with Crippen molar-refractivity contribution in [2.75, 3.05) is 0 Å². The summed E-state index contributed by atoms with van der Waals surface area (Å²) in [4.78, 5) is 0. The van der Waals surface area contributed by atoms with Gasteiger partial charge < -0.3 is 0 Å². The van der Waals surface area contributed by atoms with Crippen LogP contribution in [0, 0.1) is 6.92 Å². The van der Waals surface area contributed by atoms with Crippen molar-refractivity contribution < 1.29 is 0 Å². The maximum atomic E-state index is 2.12. The Morgan fingerprint density at radius 1 is 0.857 bits per heavy atom. The van der Waals surface area contributed by atoms with Crippen molar-refractivity contribution in [3.8, 4) is 0 Å². The summed E-state index contributed by atoms with van der Waals surface area (Å²) in [7, 11) is 0. The maximum Gasteiger partial charge on any atom is -0.0398 e. The summed E-state index contributed by atoms with van der Waals surface area (Å²) in [6.07, 6.45) is 1.25. The van der Waals surface area contributed by atoms with Crippen molar-refractivity contribution in [1.82, 2.24) is 0 Å². The van der Waals surface area contributed by atoms with Gasteiger partial charge >= 0.3 is 0 Å². The minimum absolute atomic E-state index is 0. The first kappa shape index (κ1) is 23.2. The topological polar surface area (TPSA) is 0 Å². The van der Waals surface area contributed by atoms with E-state index >= 15 is 0 Å². The molecule has 0 atom stereocenters. The van der Waals surface area contributed by atoms with E-state index < -0.39 is 0 Å². The fraction of sp³-hybridized carbons (Fsp3) is 0.571. The lowest BCUT2D eigenvalue weighted by Crippen LogP contribution is -1.62. The van der Waals surface area contributed by atoms with Gasteiger partial charge in [-0.2, -0.15) is 0 Å². The highest BCUT2D eigenvalue weighted by Crippen LogP contribution is 1.92. The Labute approximate surface area is 92.4 Å². The summed E-state index contributed by atoms with van der Waals surface area (Å²) < 4.78 is 0. The summed E-state index contributed by atoms with van der Waals surface area (Å²) in [5.41, 5.74) is 1.32. The van der Waals surface area contributed by atoms with Crippen LogP contribution in [-0.2, 0) is 0 Å². The quantitative estimate of drug-likeness (QED) is 0.501. The highest BCUT2D eigenvalue weighted by atomic mass is 13.8. The Balaban J connectivity index is -0.0000000633. The first-order valence-electron chi connectivity index (χ1n) is 4.82. The number of aryl methyl sites for hydroxylation is 1. The Bertz CT molecular complexity index is 141. The molecule has 0 aliphatic heterocycles. The lowest BCUT2D eigenvalue weighted by Gasteiger charge is -1.82. The van der Waals surface area contributed by atoms with Crippen LogP contribution in [0.1, 0.15) is 54.5 Å². The van der Waals surface area contributed by atoms with Crippen molar-refractivity contribution >= 4 is 0 Å². The Morgan fingerprint density at radius 2 is 1.14 bits per heavy atom. The average Bonchev–Trinajstić information content (AvgIpc) is 2.11. The van der Waals surface area contributed by atoms with Crippen molar-refractivity contribution in [3.05, 3.63) is 35.9 Å². The molecular weight excluding hydrogens is 168 g/mol. The summed E-state index contributed by atoms with van der Waals surface area (Å²) in [6, 6.07) is 10.3. The van der Waals surface area contributed by atoms with Crippen molar-refractivity contribution in [1.29, 1.82) is 0 Å². The first-order valence-corrected chi connectivity index (χ1v) is 4.82. The minimum Gasteiger partial charge on any atom is -0.0776 e. The van der Waals surface area contributed by atoms with E-state index in [1.807, 2.05) is 32.0 Å². The van der Waals surface area contributed by atoms with E-state index in [0.29, 0.717) is 0 Å². The molecule has 0 nitrogen and oxygen atoms in total. The Kier molecular flexibility index (Phi) is 37.8. The Hall–Kier alpha value is -0.780. The van der Waals surface area contributed by atoms with E-state index in [2.05, 4.69) is 32.9 Å². The molecule has 0 unspecified atom stereocenters. The molecule has 0 saturated heterocycles. The van der Waals surface area contributed by atoms with Gasteiger partial charge in [0.05, 0.1) is 0 Å². The highest BCUT2D eigenvalue weighted by Gasteiger charge is 1.72. The number of rotatable bonds is 0. The number of hydrogen-bond acceptors (Lipinski definition) is 0. The van der Waals surface area contributed by atoms with Gasteiger partial charge in [-0.25, -0.2) is 0 Å². The molecule has 0 aliphatic rings. The molecule has 0 aliphatic carbocycles. The van der Waals surface area contributed by atoms with Gasteiger partial charge in [0, 0.05) is 0 Å². The van der Waals surface area contributed by atoms with E-state index in [0.717, 1.165) is 0 Å². The molecule has 0 N–H and O–H groups in total.